The SMILES string of the molecule is Cc1cc(C(=O)c2c(F)ccc(N)c2F)c(C)cc1Br. The summed E-state index contributed by atoms with van der Waals surface area (Å²) in [4.78, 5) is 12.4. The van der Waals surface area contributed by atoms with Crippen molar-refractivity contribution in [3.05, 3.63) is 62.6 Å². The van der Waals surface area contributed by atoms with E-state index in [0.717, 1.165) is 22.2 Å². The quantitative estimate of drug-likeness (QED) is 0.659. The fourth-order valence-electron chi connectivity index (χ4n) is 1.94. The van der Waals surface area contributed by atoms with E-state index in [1.165, 1.54) is 0 Å². The van der Waals surface area contributed by atoms with Crippen LogP contribution in [0.3, 0.4) is 0 Å². The first-order chi connectivity index (χ1) is 9.32. The number of ketones is 1. The van der Waals surface area contributed by atoms with Crippen molar-refractivity contribution < 1.29 is 13.6 Å². The number of nitrogen functional groups attached to an aromatic ring is 1. The van der Waals surface area contributed by atoms with Crippen molar-refractivity contribution in [2.24, 2.45) is 0 Å². The van der Waals surface area contributed by atoms with Crippen LogP contribution in [0.4, 0.5) is 14.5 Å². The molecular formula is C15H12BrF2NO. The topological polar surface area (TPSA) is 43.1 Å². The summed E-state index contributed by atoms with van der Waals surface area (Å²) in [5, 5.41) is 0. The van der Waals surface area contributed by atoms with Gasteiger partial charge in [0.15, 0.2) is 11.6 Å². The molecule has 0 radical (unpaired) electrons. The molecule has 0 amide bonds. The van der Waals surface area contributed by atoms with Gasteiger partial charge in [-0.25, -0.2) is 8.78 Å². The highest BCUT2D eigenvalue weighted by Crippen LogP contribution is 2.26. The summed E-state index contributed by atoms with van der Waals surface area (Å²) in [5.41, 5.74) is 6.23. The molecule has 104 valence electrons. The zero-order valence-corrected chi connectivity index (χ0v) is 12.5. The molecule has 0 bridgehead atoms. The molecule has 0 fully saturated rings. The number of anilines is 1. The van der Waals surface area contributed by atoms with Crippen molar-refractivity contribution in [1.82, 2.24) is 0 Å². The number of nitrogens with two attached hydrogens (primary N) is 1. The minimum Gasteiger partial charge on any atom is -0.396 e. The van der Waals surface area contributed by atoms with Crippen LogP contribution in [-0.2, 0) is 0 Å². The summed E-state index contributed by atoms with van der Waals surface area (Å²) in [5.74, 6) is -2.64. The molecule has 0 aliphatic carbocycles. The van der Waals surface area contributed by atoms with Crippen molar-refractivity contribution in [3.8, 4) is 0 Å². The molecule has 2 rings (SSSR count). The summed E-state index contributed by atoms with van der Waals surface area (Å²) in [6.45, 7) is 3.51. The van der Waals surface area contributed by atoms with E-state index in [1.54, 1.807) is 26.0 Å². The Bertz CT molecular complexity index is 714. The number of carbonyl (C=O) groups is 1. The molecule has 0 heterocycles. The molecule has 2 N–H and O–H groups in total. The van der Waals surface area contributed by atoms with E-state index in [9.17, 15) is 13.6 Å². The van der Waals surface area contributed by atoms with Gasteiger partial charge in [0, 0.05) is 10.0 Å². The van der Waals surface area contributed by atoms with Crippen LogP contribution in [0.5, 0.6) is 0 Å². The molecule has 0 atom stereocenters. The molecule has 0 saturated heterocycles. The van der Waals surface area contributed by atoms with Crippen LogP contribution in [-0.4, -0.2) is 5.78 Å². The van der Waals surface area contributed by atoms with Gasteiger partial charge in [0.05, 0.1) is 11.3 Å². The van der Waals surface area contributed by atoms with Crippen LogP contribution in [0.1, 0.15) is 27.0 Å². The average molecular weight is 340 g/mol. The van der Waals surface area contributed by atoms with Crippen molar-refractivity contribution in [2.75, 3.05) is 5.73 Å². The number of halogens is 3. The van der Waals surface area contributed by atoms with Crippen LogP contribution in [0.15, 0.2) is 28.7 Å². The normalized spacial score (nSPS) is 10.7. The van der Waals surface area contributed by atoms with Gasteiger partial charge in [-0.05, 0) is 49.2 Å². The average Bonchev–Trinajstić information content (AvgIpc) is 2.38. The fraction of sp³-hybridized carbons (Fsp3) is 0.133. The fourth-order valence-corrected chi connectivity index (χ4v) is 2.39. The lowest BCUT2D eigenvalue weighted by atomic mass is 9.96. The van der Waals surface area contributed by atoms with Gasteiger partial charge in [0.1, 0.15) is 5.82 Å². The molecule has 0 aliphatic rings. The van der Waals surface area contributed by atoms with Gasteiger partial charge in [-0.15, -0.1) is 0 Å². The molecular weight excluding hydrogens is 328 g/mol. The second kappa shape index (κ2) is 5.32. The van der Waals surface area contributed by atoms with Gasteiger partial charge in [0.2, 0.25) is 0 Å². The molecule has 2 aromatic carbocycles. The largest absolute Gasteiger partial charge is 0.396 e. The number of carbonyl (C=O) groups excluding carboxylic acids is 1. The molecule has 0 saturated carbocycles. The molecule has 2 aromatic rings. The predicted molar refractivity (Wildman–Crippen MR) is 77.8 cm³/mol. The first kappa shape index (κ1) is 14.7. The monoisotopic (exact) mass is 339 g/mol. The number of hydrogen-bond acceptors (Lipinski definition) is 2. The van der Waals surface area contributed by atoms with E-state index in [-0.39, 0.29) is 11.3 Å². The summed E-state index contributed by atoms with van der Waals surface area (Å²) < 4.78 is 28.5. The second-order valence-corrected chi connectivity index (χ2v) is 5.43. The number of rotatable bonds is 2. The third-order valence-electron chi connectivity index (χ3n) is 3.10. The predicted octanol–water partition coefficient (Wildman–Crippen LogP) is 4.16. The van der Waals surface area contributed by atoms with Crippen LogP contribution >= 0.6 is 15.9 Å². The highest BCUT2D eigenvalue weighted by atomic mass is 79.9. The van der Waals surface area contributed by atoms with Gasteiger partial charge in [-0.1, -0.05) is 15.9 Å². The molecule has 0 aliphatic heterocycles. The molecule has 2 nitrogen and oxygen atoms in total. The molecule has 20 heavy (non-hydrogen) atoms. The molecule has 0 spiro atoms. The summed E-state index contributed by atoms with van der Waals surface area (Å²) in [6.07, 6.45) is 0. The lowest BCUT2D eigenvalue weighted by molar-refractivity contribution is 0.103. The standard InChI is InChI=1S/C15H12BrF2NO/c1-7-6-10(16)8(2)5-9(7)15(20)13-11(17)3-4-12(19)14(13)18/h3-6H,19H2,1-2H3. The summed E-state index contributed by atoms with van der Waals surface area (Å²) in [7, 11) is 0. The van der Waals surface area contributed by atoms with E-state index in [0.29, 0.717) is 5.56 Å². The lowest BCUT2D eigenvalue weighted by Gasteiger charge is -2.10. The van der Waals surface area contributed by atoms with Crippen LogP contribution in [0.2, 0.25) is 0 Å². The Kier molecular flexibility index (Phi) is 3.90. The van der Waals surface area contributed by atoms with Gasteiger partial charge in [-0.3, -0.25) is 4.79 Å². The number of hydrogen-bond donors (Lipinski definition) is 1. The van der Waals surface area contributed by atoms with E-state index in [1.807, 2.05) is 0 Å². The zero-order chi connectivity index (χ0) is 15.0. The third-order valence-corrected chi connectivity index (χ3v) is 3.95. The Morgan fingerprint density at radius 1 is 1.15 bits per heavy atom. The Morgan fingerprint density at radius 3 is 2.45 bits per heavy atom. The maximum absolute atomic E-state index is 13.9. The minimum atomic E-state index is -1.02. The maximum Gasteiger partial charge on any atom is 0.199 e. The smallest absolute Gasteiger partial charge is 0.199 e. The highest BCUT2D eigenvalue weighted by molar-refractivity contribution is 9.10. The first-order valence-corrected chi connectivity index (χ1v) is 6.67. The van der Waals surface area contributed by atoms with Crippen LogP contribution in [0.25, 0.3) is 0 Å². The third kappa shape index (κ3) is 2.45. The van der Waals surface area contributed by atoms with Crippen LogP contribution < -0.4 is 5.73 Å². The highest BCUT2D eigenvalue weighted by Gasteiger charge is 2.22. The molecule has 5 heteroatoms. The summed E-state index contributed by atoms with van der Waals surface area (Å²) >= 11 is 3.35. The Morgan fingerprint density at radius 2 is 1.80 bits per heavy atom. The van der Waals surface area contributed by atoms with Crippen LogP contribution in [0, 0.1) is 25.5 Å². The van der Waals surface area contributed by atoms with Crippen molar-refractivity contribution in [3.63, 3.8) is 0 Å². The van der Waals surface area contributed by atoms with Gasteiger partial charge in [0.25, 0.3) is 0 Å². The van der Waals surface area contributed by atoms with Crippen molar-refractivity contribution in [2.45, 2.75) is 13.8 Å². The van der Waals surface area contributed by atoms with Crippen molar-refractivity contribution in [1.29, 1.82) is 0 Å². The summed E-state index contributed by atoms with van der Waals surface area (Å²) in [6, 6.07) is 5.43. The molecule has 0 unspecified atom stereocenters. The Labute approximate surface area is 123 Å². The Hall–Kier alpha value is -1.75. The number of benzene rings is 2. The first-order valence-electron chi connectivity index (χ1n) is 5.88. The zero-order valence-electron chi connectivity index (χ0n) is 10.9. The van der Waals surface area contributed by atoms with Crippen molar-refractivity contribution >= 4 is 27.4 Å². The number of aryl methyl sites for hydroxylation is 2. The second-order valence-electron chi connectivity index (χ2n) is 4.57. The van der Waals surface area contributed by atoms with Gasteiger partial charge >= 0.3 is 0 Å². The van der Waals surface area contributed by atoms with Gasteiger partial charge < -0.3 is 5.73 Å². The van der Waals surface area contributed by atoms with E-state index in [2.05, 4.69) is 15.9 Å². The maximum atomic E-state index is 13.9. The van der Waals surface area contributed by atoms with E-state index < -0.39 is 23.0 Å². The minimum absolute atomic E-state index is 0.249. The molecule has 0 aromatic heterocycles. The van der Waals surface area contributed by atoms with E-state index in [4.69, 9.17) is 5.73 Å². The Balaban J connectivity index is 2.64. The van der Waals surface area contributed by atoms with Gasteiger partial charge in [-0.2, -0.15) is 0 Å². The van der Waals surface area contributed by atoms with E-state index >= 15 is 0 Å². The lowest BCUT2D eigenvalue weighted by Crippen LogP contribution is -2.11.